The van der Waals surface area contributed by atoms with Crippen LogP contribution in [-0.4, -0.2) is 15.8 Å². The lowest BCUT2D eigenvalue weighted by Crippen LogP contribution is -2.06. The van der Waals surface area contributed by atoms with Gasteiger partial charge in [0, 0.05) is 33.4 Å². The van der Waals surface area contributed by atoms with E-state index < -0.39 is 0 Å². The Hall–Kier alpha value is -1.94. The molecule has 3 aromatic rings. The Morgan fingerprint density at radius 2 is 1.81 bits per heavy atom. The molecular formula is C17H15BrN2O. The lowest BCUT2D eigenvalue weighted by atomic mass is 9.93. The van der Waals surface area contributed by atoms with E-state index in [2.05, 4.69) is 25.9 Å². The van der Waals surface area contributed by atoms with Crippen molar-refractivity contribution in [3.05, 3.63) is 62.9 Å². The van der Waals surface area contributed by atoms with Gasteiger partial charge in [0.25, 0.3) is 0 Å². The van der Waals surface area contributed by atoms with Crippen molar-refractivity contribution in [2.75, 3.05) is 0 Å². The van der Waals surface area contributed by atoms with E-state index >= 15 is 0 Å². The number of rotatable bonds is 2. The summed E-state index contributed by atoms with van der Waals surface area (Å²) in [6.45, 7) is 6.01. The normalized spacial score (nSPS) is 11.0. The molecule has 3 rings (SSSR count). The van der Waals surface area contributed by atoms with Crippen LogP contribution >= 0.6 is 15.9 Å². The number of aromatic amines is 1. The van der Waals surface area contributed by atoms with Crippen molar-refractivity contribution in [3.63, 3.8) is 0 Å². The molecule has 2 aromatic heterocycles. The number of nitrogens with one attached hydrogen (secondary N) is 1. The van der Waals surface area contributed by atoms with E-state index in [9.17, 15) is 4.79 Å². The monoisotopic (exact) mass is 342 g/mol. The Bertz CT molecular complexity index is 841. The Morgan fingerprint density at radius 1 is 1.14 bits per heavy atom. The third kappa shape index (κ3) is 2.40. The largest absolute Gasteiger partial charge is 0.345 e. The van der Waals surface area contributed by atoms with Crippen LogP contribution in [0.2, 0.25) is 0 Å². The number of H-pyrrole nitrogens is 1. The summed E-state index contributed by atoms with van der Waals surface area (Å²) in [4.78, 5) is 20.3. The predicted octanol–water partition coefficient (Wildman–Crippen LogP) is 4.48. The van der Waals surface area contributed by atoms with Gasteiger partial charge in [-0.25, -0.2) is 4.98 Å². The fourth-order valence-electron chi connectivity index (χ4n) is 2.84. The number of carbonyl (C=O) groups excluding carboxylic acids is 1. The summed E-state index contributed by atoms with van der Waals surface area (Å²) in [6, 6.07) is 6.01. The topological polar surface area (TPSA) is 45.8 Å². The Kier molecular flexibility index (Phi) is 3.41. The van der Waals surface area contributed by atoms with Gasteiger partial charge in [-0.1, -0.05) is 17.7 Å². The van der Waals surface area contributed by atoms with Gasteiger partial charge >= 0.3 is 0 Å². The molecule has 0 amide bonds. The molecule has 4 heteroatoms. The standard InChI is InChI=1S/C17H15BrN2O/c1-9-4-10(2)15(11(3)5-9)16(21)14-8-20-17-13(14)6-12(18)7-19-17/h4-8H,1-3H3,(H,19,20). The van der Waals surface area contributed by atoms with E-state index in [1.165, 1.54) is 5.56 Å². The predicted molar refractivity (Wildman–Crippen MR) is 87.9 cm³/mol. The van der Waals surface area contributed by atoms with E-state index in [1.54, 1.807) is 12.4 Å². The molecule has 0 radical (unpaired) electrons. The van der Waals surface area contributed by atoms with Crippen LogP contribution in [-0.2, 0) is 0 Å². The minimum absolute atomic E-state index is 0.0381. The van der Waals surface area contributed by atoms with Gasteiger partial charge in [-0.05, 0) is 53.9 Å². The number of pyridine rings is 1. The lowest BCUT2D eigenvalue weighted by molar-refractivity contribution is 0.103. The summed E-state index contributed by atoms with van der Waals surface area (Å²) < 4.78 is 0.862. The molecule has 1 aromatic carbocycles. The molecule has 3 nitrogen and oxygen atoms in total. The van der Waals surface area contributed by atoms with E-state index in [1.807, 2.05) is 39.0 Å². The summed E-state index contributed by atoms with van der Waals surface area (Å²) >= 11 is 3.41. The first kappa shape index (κ1) is 14.0. The van der Waals surface area contributed by atoms with Crippen LogP contribution in [0.5, 0.6) is 0 Å². The van der Waals surface area contributed by atoms with Crippen LogP contribution in [0.1, 0.15) is 32.6 Å². The molecule has 0 saturated carbocycles. The first-order chi connectivity index (χ1) is 9.97. The van der Waals surface area contributed by atoms with Gasteiger partial charge in [0.05, 0.1) is 0 Å². The molecule has 106 valence electrons. The van der Waals surface area contributed by atoms with E-state index in [-0.39, 0.29) is 5.78 Å². The molecule has 21 heavy (non-hydrogen) atoms. The Balaban J connectivity index is 2.20. The van der Waals surface area contributed by atoms with Crippen LogP contribution in [0.25, 0.3) is 11.0 Å². The average Bonchev–Trinajstić information content (AvgIpc) is 2.80. The molecular weight excluding hydrogens is 328 g/mol. The van der Waals surface area contributed by atoms with Crippen LogP contribution in [0.4, 0.5) is 0 Å². The maximum atomic E-state index is 12.9. The number of aryl methyl sites for hydroxylation is 3. The van der Waals surface area contributed by atoms with Crippen molar-refractivity contribution in [1.29, 1.82) is 0 Å². The smallest absolute Gasteiger partial charge is 0.195 e. The number of aromatic nitrogens is 2. The van der Waals surface area contributed by atoms with Gasteiger partial charge in [0.1, 0.15) is 5.65 Å². The second-order valence-corrected chi connectivity index (χ2v) is 6.27. The molecule has 2 heterocycles. The minimum Gasteiger partial charge on any atom is -0.345 e. The molecule has 0 spiro atoms. The maximum Gasteiger partial charge on any atom is 0.195 e. The van der Waals surface area contributed by atoms with Crippen molar-refractivity contribution in [2.24, 2.45) is 0 Å². The summed E-state index contributed by atoms with van der Waals surface area (Å²) in [5.41, 5.74) is 5.36. The molecule has 0 fully saturated rings. The highest BCUT2D eigenvalue weighted by Crippen LogP contribution is 2.26. The zero-order valence-corrected chi connectivity index (χ0v) is 13.7. The summed E-state index contributed by atoms with van der Waals surface area (Å²) in [6.07, 6.45) is 3.46. The van der Waals surface area contributed by atoms with Crippen molar-refractivity contribution in [2.45, 2.75) is 20.8 Å². The van der Waals surface area contributed by atoms with Gasteiger partial charge < -0.3 is 4.98 Å². The van der Waals surface area contributed by atoms with Gasteiger partial charge in [0.15, 0.2) is 5.78 Å². The second-order valence-electron chi connectivity index (χ2n) is 5.35. The summed E-state index contributed by atoms with van der Waals surface area (Å²) in [5, 5.41) is 0.841. The SMILES string of the molecule is Cc1cc(C)c(C(=O)c2c[nH]c3ncc(Br)cc23)c(C)c1. The van der Waals surface area contributed by atoms with E-state index in [0.717, 1.165) is 32.2 Å². The zero-order chi connectivity index (χ0) is 15.1. The van der Waals surface area contributed by atoms with E-state index in [0.29, 0.717) is 5.56 Å². The quantitative estimate of drug-likeness (QED) is 0.697. The molecule has 0 bridgehead atoms. The molecule has 0 unspecified atom stereocenters. The zero-order valence-electron chi connectivity index (χ0n) is 12.1. The molecule has 0 saturated heterocycles. The number of nitrogens with zero attached hydrogens (tertiary/aromatic N) is 1. The van der Waals surface area contributed by atoms with Crippen molar-refractivity contribution in [3.8, 4) is 0 Å². The highest BCUT2D eigenvalue weighted by Gasteiger charge is 2.19. The maximum absolute atomic E-state index is 12.9. The second kappa shape index (κ2) is 5.11. The van der Waals surface area contributed by atoms with Crippen molar-refractivity contribution < 1.29 is 4.79 Å². The van der Waals surface area contributed by atoms with Gasteiger partial charge in [0.2, 0.25) is 0 Å². The highest BCUT2D eigenvalue weighted by atomic mass is 79.9. The highest BCUT2D eigenvalue weighted by molar-refractivity contribution is 9.10. The molecule has 1 N–H and O–H groups in total. The van der Waals surface area contributed by atoms with Crippen LogP contribution < -0.4 is 0 Å². The number of hydrogen-bond donors (Lipinski definition) is 1. The minimum atomic E-state index is 0.0381. The average molecular weight is 343 g/mol. The van der Waals surface area contributed by atoms with Crippen LogP contribution in [0.3, 0.4) is 0 Å². The fourth-order valence-corrected chi connectivity index (χ4v) is 3.17. The van der Waals surface area contributed by atoms with E-state index in [4.69, 9.17) is 0 Å². The number of halogens is 1. The molecule has 0 aliphatic rings. The number of fused-ring (bicyclic) bond motifs is 1. The first-order valence-corrected chi connectivity index (χ1v) is 7.52. The van der Waals surface area contributed by atoms with Gasteiger partial charge in [-0.3, -0.25) is 4.79 Å². The van der Waals surface area contributed by atoms with Crippen molar-refractivity contribution in [1.82, 2.24) is 9.97 Å². The first-order valence-electron chi connectivity index (χ1n) is 6.72. The molecule has 0 aliphatic carbocycles. The number of carbonyl (C=O) groups is 1. The van der Waals surface area contributed by atoms with Crippen molar-refractivity contribution >= 4 is 32.7 Å². The third-order valence-corrected chi connectivity index (χ3v) is 4.08. The number of hydrogen-bond acceptors (Lipinski definition) is 2. The lowest BCUT2D eigenvalue weighted by Gasteiger charge is -2.09. The fraction of sp³-hybridized carbons (Fsp3) is 0.176. The van der Waals surface area contributed by atoms with Gasteiger partial charge in [-0.15, -0.1) is 0 Å². The third-order valence-electron chi connectivity index (χ3n) is 3.65. The number of benzene rings is 1. The van der Waals surface area contributed by atoms with Crippen LogP contribution in [0.15, 0.2) is 35.1 Å². The Labute approximate surface area is 131 Å². The number of ketones is 1. The molecule has 0 atom stereocenters. The van der Waals surface area contributed by atoms with Gasteiger partial charge in [-0.2, -0.15) is 0 Å². The molecule has 0 aliphatic heterocycles. The summed E-state index contributed by atoms with van der Waals surface area (Å²) in [5.74, 6) is 0.0381. The summed E-state index contributed by atoms with van der Waals surface area (Å²) in [7, 11) is 0. The van der Waals surface area contributed by atoms with Crippen LogP contribution in [0, 0.1) is 20.8 Å². The Morgan fingerprint density at radius 3 is 2.48 bits per heavy atom.